The number of pyridine rings is 1. The van der Waals surface area contributed by atoms with E-state index < -0.39 is 5.97 Å². The highest BCUT2D eigenvalue weighted by molar-refractivity contribution is 6.32. The van der Waals surface area contributed by atoms with Gasteiger partial charge in [0.1, 0.15) is 0 Å². The molecule has 1 aromatic carbocycles. The van der Waals surface area contributed by atoms with E-state index >= 15 is 0 Å². The van der Waals surface area contributed by atoms with Crippen LogP contribution < -0.4 is 0 Å². The topological polar surface area (TPSA) is 50.2 Å². The highest BCUT2D eigenvalue weighted by atomic mass is 35.5. The largest absolute Gasteiger partial charge is 0.478 e. The van der Waals surface area contributed by atoms with Gasteiger partial charge in [0.15, 0.2) is 0 Å². The number of fused-ring (bicyclic) bond motifs is 1. The SMILES string of the molecule is Cc1ccnc2c(C(=O)O)cc(Cl)cc12. The maximum atomic E-state index is 11.0. The van der Waals surface area contributed by atoms with E-state index in [1.165, 1.54) is 6.07 Å². The van der Waals surface area contributed by atoms with Crippen LogP contribution in [0.3, 0.4) is 0 Å². The molecule has 1 N–H and O–H groups in total. The van der Waals surface area contributed by atoms with Crippen LogP contribution in [0.2, 0.25) is 5.02 Å². The number of hydrogen-bond donors (Lipinski definition) is 1. The molecule has 2 rings (SSSR count). The minimum Gasteiger partial charge on any atom is -0.478 e. The van der Waals surface area contributed by atoms with Crippen LogP contribution in [0.5, 0.6) is 0 Å². The van der Waals surface area contributed by atoms with E-state index in [-0.39, 0.29) is 5.56 Å². The van der Waals surface area contributed by atoms with E-state index in [2.05, 4.69) is 4.98 Å². The molecule has 2 aromatic rings. The summed E-state index contributed by atoms with van der Waals surface area (Å²) in [6.45, 7) is 1.89. The van der Waals surface area contributed by atoms with Crippen LogP contribution in [0.25, 0.3) is 10.9 Å². The minimum atomic E-state index is -1.01. The van der Waals surface area contributed by atoms with Crippen molar-refractivity contribution in [3.63, 3.8) is 0 Å². The first-order valence-corrected chi connectivity index (χ1v) is 4.75. The van der Waals surface area contributed by atoms with Gasteiger partial charge in [0.2, 0.25) is 0 Å². The normalized spacial score (nSPS) is 10.5. The quantitative estimate of drug-likeness (QED) is 0.806. The molecule has 0 amide bonds. The molecule has 4 heteroatoms. The van der Waals surface area contributed by atoms with Gasteiger partial charge < -0.3 is 5.11 Å². The fourth-order valence-corrected chi connectivity index (χ4v) is 1.73. The van der Waals surface area contributed by atoms with E-state index in [1.807, 2.05) is 13.0 Å². The van der Waals surface area contributed by atoms with Gasteiger partial charge in [0.25, 0.3) is 0 Å². The number of carboxylic acids is 1. The van der Waals surface area contributed by atoms with Crippen molar-refractivity contribution >= 4 is 28.5 Å². The lowest BCUT2D eigenvalue weighted by Gasteiger charge is -2.04. The molecule has 3 nitrogen and oxygen atoms in total. The van der Waals surface area contributed by atoms with Crippen LogP contribution in [0, 0.1) is 6.92 Å². The lowest BCUT2D eigenvalue weighted by molar-refractivity contribution is 0.0699. The van der Waals surface area contributed by atoms with Gasteiger partial charge in [-0.1, -0.05) is 11.6 Å². The Morgan fingerprint density at radius 3 is 2.87 bits per heavy atom. The van der Waals surface area contributed by atoms with Gasteiger partial charge >= 0.3 is 5.97 Å². The summed E-state index contributed by atoms with van der Waals surface area (Å²) in [5.41, 5.74) is 1.58. The van der Waals surface area contributed by atoms with Crippen LogP contribution >= 0.6 is 11.6 Å². The fourth-order valence-electron chi connectivity index (χ4n) is 1.52. The Morgan fingerprint density at radius 1 is 1.47 bits per heavy atom. The van der Waals surface area contributed by atoms with Crippen LogP contribution in [0.1, 0.15) is 15.9 Å². The van der Waals surface area contributed by atoms with E-state index in [0.717, 1.165) is 10.9 Å². The summed E-state index contributed by atoms with van der Waals surface area (Å²) in [5.74, 6) is -1.01. The van der Waals surface area contributed by atoms with E-state index in [9.17, 15) is 4.79 Å². The van der Waals surface area contributed by atoms with Gasteiger partial charge in [-0.25, -0.2) is 4.79 Å². The third-order valence-electron chi connectivity index (χ3n) is 2.26. The molecule has 0 unspecified atom stereocenters. The van der Waals surface area contributed by atoms with Gasteiger partial charge in [-0.3, -0.25) is 4.98 Å². The molecule has 0 saturated carbocycles. The van der Waals surface area contributed by atoms with Gasteiger partial charge in [0, 0.05) is 16.6 Å². The van der Waals surface area contributed by atoms with Gasteiger partial charge in [-0.15, -0.1) is 0 Å². The first-order chi connectivity index (χ1) is 7.09. The zero-order chi connectivity index (χ0) is 11.0. The molecule has 15 heavy (non-hydrogen) atoms. The maximum Gasteiger partial charge on any atom is 0.337 e. The van der Waals surface area contributed by atoms with E-state index in [4.69, 9.17) is 16.7 Å². The van der Waals surface area contributed by atoms with Crippen molar-refractivity contribution < 1.29 is 9.90 Å². The predicted molar refractivity (Wildman–Crippen MR) is 58.4 cm³/mol. The number of nitrogens with zero attached hydrogens (tertiary/aromatic N) is 1. The number of benzene rings is 1. The Morgan fingerprint density at radius 2 is 2.20 bits per heavy atom. The van der Waals surface area contributed by atoms with Crippen LogP contribution in [-0.4, -0.2) is 16.1 Å². The number of carbonyl (C=O) groups is 1. The minimum absolute atomic E-state index is 0.140. The Bertz CT molecular complexity index is 552. The molecule has 0 saturated heterocycles. The standard InChI is InChI=1S/C11H8ClNO2/c1-6-2-3-13-10-8(6)4-7(12)5-9(10)11(14)15/h2-5H,1H3,(H,14,15). The molecule has 76 valence electrons. The number of aromatic carboxylic acids is 1. The molecule has 0 bridgehead atoms. The smallest absolute Gasteiger partial charge is 0.337 e. The van der Waals surface area contributed by atoms with Crippen molar-refractivity contribution in [3.05, 3.63) is 40.5 Å². The molecule has 0 aliphatic rings. The molecular formula is C11H8ClNO2. The first kappa shape index (κ1) is 9.93. The van der Waals surface area contributed by atoms with Crippen molar-refractivity contribution in [2.24, 2.45) is 0 Å². The fraction of sp³-hybridized carbons (Fsp3) is 0.0909. The van der Waals surface area contributed by atoms with Crippen molar-refractivity contribution in [1.29, 1.82) is 0 Å². The molecule has 0 aliphatic carbocycles. The van der Waals surface area contributed by atoms with Crippen molar-refractivity contribution in [2.45, 2.75) is 6.92 Å². The number of hydrogen-bond acceptors (Lipinski definition) is 2. The summed E-state index contributed by atoms with van der Waals surface area (Å²) >= 11 is 5.85. The summed E-state index contributed by atoms with van der Waals surface area (Å²) in [6.07, 6.45) is 1.60. The average molecular weight is 222 g/mol. The van der Waals surface area contributed by atoms with Crippen molar-refractivity contribution in [3.8, 4) is 0 Å². The van der Waals surface area contributed by atoms with Gasteiger partial charge in [-0.2, -0.15) is 0 Å². The van der Waals surface area contributed by atoms with Crippen LogP contribution in [-0.2, 0) is 0 Å². The second-order valence-corrected chi connectivity index (χ2v) is 3.72. The van der Waals surface area contributed by atoms with E-state index in [0.29, 0.717) is 10.5 Å². The molecule has 0 atom stereocenters. The number of halogens is 1. The summed E-state index contributed by atoms with van der Waals surface area (Å²) in [6, 6.07) is 4.97. The Hall–Kier alpha value is -1.61. The molecular weight excluding hydrogens is 214 g/mol. The molecule has 1 heterocycles. The van der Waals surface area contributed by atoms with Crippen LogP contribution in [0.15, 0.2) is 24.4 Å². The second kappa shape index (κ2) is 3.51. The Balaban J connectivity index is 2.92. The second-order valence-electron chi connectivity index (χ2n) is 3.28. The predicted octanol–water partition coefficient (Wildman–Crippen LogP) is 2.89. The lowest BCUT2D eigenvalue weighted by Crippen LogP contribution is -1.99. The molecule has 0 radical (unpaired) electrons. The third-order valence-corrected chi connectivity index (χ3v) is 2.48. The molecule has 0 aliphatic heterocycles. The number of aryl methyl sites for hydroxylation is 1. The summed E-state index contributed by atoms with van der Waals surface area (Å²) < 4.78 is 0. The van der Waals surface area contributed by atoms with E-state index in [1.54, 1.807) is 12.3 Å². The third kappa shape index (κ3) is 1.66. The monoisotopic (exact) mass is 221 g/mol. The zero-order valence-corrected chi connectivity index (χ0v) is 8.75. The van der Waals surface area contributed by atoms with Crippen LogP contribution in [0.4, 0.5) is 0 Å². The summed E-state index contributed by atoms with van der Waals surface area (Å²) in [4.78, 5) is 15.0. The van der Waals surface area contributed by atoms with Gasteiger partial charge in [0.05, 0.1) is 11.1 Å². The Labute approximate surface area is 91.3 Å². The van der Waals surface area contributed by atoms with Crippen molar-refractivity contribution in [1.82, 2.24) is 4.98 Å². The highest BCUT2D eigenvalue weighted by Gasteiger charge is 2.11. The van der Waals surface area contributed by atoms with Gasteiger partial charge in [-0.05, 0) is 30.7 Å². The lowest BCUT2D eigenvalue weighted by atomic mass is 10.1. The zero-order valence-electron chi connectivity index (χ0n) is 7.99. The first-order valence-electron chi connectivity index (χ1n) is 4.38. The Kier molecular flexibility index (Phi) is 2.32. The highest BCUT2D eigenvalue weighted by Crippen LogP contribution is 2.24. The van der Waals surface area contributed by atoms with Crippen molar-refractivity contribution in [2.75, 3.05) is 0 Å². The summed E-state index contributed by atoms with van der Waals surface area (Å²) in [5, 5.41) is 10.2. The number of rotatable bonds is 1. The number of aromatic nitrogens is 1. The molecule has 0 fully saturated rings. The maximum absolute atomic E-state index is 11.0. The molecule has 0 spiro atoms. The molecule has 1 aromatic heterocycles. The number of carboxylic acid groups (broad SMARTS) is 1. The summed E-state index contributed by atoms with van der Waals surface area (Å²) in [7, 11) is 0. The average Bonchev–Trinajstić information content (AvgIpc) is 2.18.